The van der Waals surface area contributed by atoms with E-state index in [0.29, 0.717) is 0 Å². The minimum atomic E-state index is -3.45. The molecule has 0 radical (unpaired) electrons. The van der Waals surface area contributed by atoms with Crippen LogP contribution in [0.25, 0.3) is 0 Å². The lowest BCUT2D eigenvalue weighted by atomic mass is 10.6. The Bertz CT molecular complexity index is 360. The molecule has 0 amide bonds. The van der Waals surface area contributed by atoms with Crippen molar-refractivity contribution in [3.63, 3.8) is 0 Å². The van der Waals surface area contributed by atoms with Crippen LogP contribution in [0.1, 0.15) is 0 Å². The number of anilines is 1. The zero-order valence-electron chi connectivity index (χ0n) is 6.14. The maximum absolute atomic E-state index is 10.9. The van der Waals surface area contributed by atoms with Gasteiger partial charge in [0.1, 0.15) is 12.1 Å². The van der Waals surface area contributed by atoms with Gasteiger partial charge in [0, 0.05) is 11.6 Å². The lowest BCUT2D eigenvalue weighted by molar-refractivity contribution is 0.609. The summed E-state index contributed by atoms with van der Waals surface area (Å²) >= 11 is 0. The van der Waals surface area contributed by atoms with Gasteiger partial charge in [-0.1, -0.05) is 6.58 Å². The summed E-state index contributed by atoms with van der Waals surface area (Å²) in [6, 6.07) is 1.45. The molecule has 0 aliphatic carbocycles. The van der Waals surface area contributed by atoms with Crippen molar-refractivity contribution in [2.45, 2.75) is 0 Å². The molecule has 5 nitrogen and oxygen atoms in total. The fourth-order valence-electron chi connectivity index (χ4n) is 0.538. The smallest absolute Gasteiger partial charge is 0.255 e. The molecule has 1 aromatic heterocycles. The zero-order chi connectivity index (χ0) is 9.03. The second kappa shape index (κ2) is 3.31. The number of aromatic nitrogens is 2. The first-order valence-electron chi connectivity index (χ1n) is 3.05. The van der Waals surface area contributed by atoms with Gasteiger partial charge in [-0.25, -0.2) is 18.4 Å². The molecule has 0 aromatic carbocycles. The van der Waals surface area contributed by atoms with Crippen molar-refractivity contribution in [2.75, 3.05) is 4.72 Å². The molecule has 1 rings (SSSR count). The van der Waals surface area contributed by atoms with Gasteiger partial charge in [-0.05, 0) is 6.07 Å². The fraction of sp³-hybridized carbons (Fsp3) is 0. The molecule has 1 N–H and O–H groups in total. The number of nitrogens with one attached hydrogen (secondary N) is 1. The molecular formula is C6H7N3O2S. The van der Waals surface area contributed by atoms with Crippen molar-refractivity contribution in [1.29, 1.82) is 0 Å². The molecule has 0 saturated heterocycles. The van der Waals surface area contributed by atoms with Gasteiger partial charge in [-0.2, -0.15) is 0 Å². The van der Waals surface area contributed by atoms with Crippen LogP contribution in [0.4, 0.5) is 5.82 Å². The highest BCUT2D eigenvalue weighted by Gasteiger charge is 2.03. The molecule has 0 spiro atoms. The molecule has 1 heterocycles. The molecule has 1 aromatic rings. The van der Waals surface area contributed by atoms with Crippen molar-refractivity contribution in [3.8, 4) is 0 Å². The van der Waals surface area contributed by atoms with Gasteiger partial charge in [0.15, 0.2) is 0 Å². The number of hydrogen-bond donors (Lipinski definition) is 1. The van der Waals surface area contributed by atoms with E-state index in [0.717, 1.165) is 5.41 Å². The van der Waals surface area contributed by atoms with Crippen LogP contribution in [0.5, 0.6) is 0 Å². The Morgan fingerprint density at radius 1 is 1.58 bits per heavy atom. The van der Waals surface area contributed by atoms with E-state index in [1.807, 2.05) is 0 Å². The fourth-order valence-corrected chi connectivity index (χ4v) is 1.03. The molecule has 64 valence electrons. The topological polar surface area (TPSA) is 72.0 Å². The van der Waals surface area contributed by atoms with Gasteiger partial charge in [-0.15, -0.1) is 0 Å². The predicted octanol–water partition coefficient (Wildman–Crippen LogP) is 0.362. The molecule has 0 bridgehead atoms. The molecule has 0 atom stereocenters. The first kappa shape index (κ1) is 8.66. The number of hydrogen-bond acceptors (Lipinski definition) is 4. The normalized spacial score (nSPS) is 10.7. The Morgan fingerprint density at radius 2 is 2.33 bits per heavy atom. The van der Waals surface area contributed by atoms with E-state index in [1.165, 1.54) is 18.6 Å². The number of nitrogens with zero attached hydrogens (tertiary/aromatic N) is 2. The van der Waals surface area contributed by atoms with Gasteiger partial charge in [-0.3, -0.25) is 4.72 Å². The Balaban J connectivity index is 2.85. The second-order valence-electron chi connectivity index (χ2n) is 1.91. The van der Waals surface area contributed by atoms with E-state index < -0.39 is 10.0 Å². The molecule has 0 unspecified atom stereocenters. The first-order chi connectivity index (χ1) is 5.64. The van der Waals surface area contributed by atoms with E-state index in [4.69, 9.17) is 0 Å². The standard InChI is InChI=1S/C6H7N3O2S/c1-2-12(10,11)9-6-3-4-7-5-8-6/h2-5H,1H2,(H,7,8,9). The van der Waals surface area contributed by atoms with Crippen molar-refractivity contribution in [2.24, 2.45) is 0 Å². The van der Waals surface area contributed by atoms with E-state index in [2.05, 4.69) is 21.3 Å². The van der Waals surface area contributed by atoms with E-state index >= 15 is 0 Å². The molecular weight excluding hydrogens is 178 g/mol. The third-order valence-corrected chi connectivity index (χ3v) is 1.98. The number of rotatable bonds is 3. The maximum atomic E-state index is 10.9. The van der Waals surface area contributed by atoms with Gasteiger partial charge in [0.05, 0.1) is 0 Å². The average molecular weight is 185 g/mol. The molecule has 12 heavy (non-hydrogen) atoms. The Labute approximate surface area is 70.2 Å². The SMILES string of the molecule is C=CS(=O)(=O)Nc1ccncn1. The molecule has 6 heteroatoms. The third-order valence-electron chi connectivity index (χ3n) is 1.05. The minimum absolute atomic E-state index is 0.227. The van der Waals surface area contributed by atoms with Crippen molar-refractivity contribution >= 4 is 15.8 Å². The summed E-state index contributed by atoms with van der Waals surface area (Å²) in [5.41, 5.74) is 0. The lowest BCUT2D eigenvalue weighted by Gasteiger charge is -2.00. The van der Waals surface area contributed by atoms with Crippen molar-refractivity contribution < 1.29 is 8.42 Å². The van der Waals surface area contributed by atoms with Crippen molar-refractivity contribution in [3.05, 3.63) is 30.6 Å². The van der Waals surface area contributed by atoms with Crippen LogP contribution in [0.2, 0.25) is 0 Å². The Hall–Kier alpha value is -1.43. The summed E-state index contributed by atoms with van der Waals surface area (Å²) < 4.78 is 23.9. The number of sulfonamides is 1. The van der Waals surface area contributed by atoms with Gasteiger partial charge >= 0.3 is 0 Å². The van der Waals surface area contributed by atoms with E-state index in [1.54, 1.807) is 0 Å². The van der Waals surface area contributed by atoms with E-state index in [9.17, 15) is 8.42 Å². The van der Waals surface area contributed by atoms with Gasteiger partial charge < -0.3 is 0 Å². The van der Waals surface area contributed by atoms with Crippen LogP contribution >= 0.6 is 0 Å². The Morgan fingerprint density at radius 3 is 2.83 bits per heavy atom. The summed E-state index contributed by atoms with van der Waals surface area (Å²) in [7, 11) is -3.45. The predicted molar refractivity (Wildman–Crippen MR) is 44.8 cm³/mol. The highest BCUT2D eigenvalue weighted by atomic mass is 32.2. The highest BCUT2D eigenvalue weighted by Crippen LogP contribution is 2.01. The Kier molecular flexibility index (Phi) is 2.39. The van der Waals surface area contributed by atoms with E-state index in [-0.39, 0.29) is 5.82 Å². The first-order valence-corrected chi connectivity index (χ1v) is 4.60. The summed E-state index contributed by atoms with van der Waals surface area (Å²) in [6.45, 7) is 3.13. The van der Waals surface area contributed by atoms with Crippen LogP contribution in [0.15, 0.2) is 30.6 Å². The second-order valence-corrected chi connectivity index (χ2v) is 3.54. The van der Waals surface area contributed by atoms with Crippen LogP contribution in [0.3, 0.4) is 0 Å². The monoisotopic (exact) mass is 185 g/mol. The third kappa shape index (κ3) is 2.31. The summed E-state index contributed by atoms with van der Waals surface area (Å²) in [4.78, 5) is 7.29. The largest absolute Gasteiger partial charge is 0.264 e. The van der Waals surface area contributed by atoms with Crippen LogP contribution in [-0.2, 0) is 10.0 Å². The lowest BCUT2D eigenvalue weighted by Crippen LogP contribution is -2.09. The highest BCUT2D eigenvalue weighted by molar-refractivity contribution is 7.95. The molecule has 0 aliphatic heterocycles. The van der Waals surface area contributed by atoms with Crippen molar-refractivity contribution in [1.82, 2.24) is 9.97 Å². The van der Waals surface area contributed by atoms with Gasteiger partial charge in [0.2, 0.25) is 0 Å². The zero-order valence-corrected chi connectivity index (χ0v) is 6.95. The van der Waals surface area contributed by atoms with Crippen LogP contribution < -0.4 is 4.72 Å². The van der Waals surface area contributed by atoms with Gasteiger partial charge in [0.25, 0.3) is 10.0 Å². The average Bonchev–Trinajstić information content (AvgIpc) is 2.06. The summed E-state index contributed by atoms with van der Waals surface area (Å²) in [5, 5.41) is 0.815. The van der Waals surface area contributed by atoms with Crippen LogP contribution in [0, 0.1) is 0 Å². The molecule has 0 saturated carbocycles. The van der Waals surface area contributed by atoms with Crippen LogP contribution in [-0.4, -0.2) is 18.4 Å². The minimum Gasteiger partial charge on any atom is -0.264 e. The molecule has 0 aliphatic rings. The maximum Gasteiger partial charge on any atom is 0.255 e. The quantitative estimate of drug-likeness (QED) is 0.738. The summed E-state index contributed by atoms with van der Waals surface area (Å²) in [6.07, 6.45) is 2.69. The molecule has 0 fully saturated rings. The summed E-state index contributed by atoms with van der Waals surface area (Å²) in [5.74, 6) is 0.227.